The standard InChI is InChI=1S/C15H23N3O2.C9H13ClN2.C6H11NO2.CH2O3.2K.H/c1-2-3-4-5-11-9-16-15(17-10-11)18-13-7-6-12(8-13)14(19)20;1-2-3-4-5-8-6-11-9(10)12-7-8;7-5-2-1-4(3-5)6(8)9;2-1-4-3;;;/h9-10,12-13H,2-8H2,1H3,(H,19,20)(H,16,17,18);6-7H,2-5H2,1H3;4-5H,1-3,7H2,(H,8,9);1,3H;;;/q;;;;2*+1;-1/p-1/t12-,13+;;4-,5+;;;;/m1.1..../s1. The Morgan fingerprint density at radius 2 is 1.34 bits per heavy atom. The Labute approximate surface area is 369 Å². The van der Waals surface area contributed by atoms with Crippen LogP contribution < -0.4 is 119 Å². The van der Waals surface area contributed by atoms with Crippen LogP contribution in [0.25, 0.3) is 0 Å². The van der Waals surface area contributed by atoms with E-state index in [9.17, 15) is 9.59 Å². The van der Waals surface area contributed by atoms with E-state index in [1.807, 2.05) is 12.4 Å². The number of nitrogens with two attached hydrogens (primary N) is 1. The number of nitrogens with one attached hydrogen (secondary N) is 1. The van der Waals surface area contributed by atoms with Crippen LogP contribution in [0.1, 0.15) is 103 Å². The Hall–Kier alpha value is -0.147. The summed E-state index contributed by atoms with van der Waals surface area (Å²) in [7, 11) is 0. The van der Waals surface area contributed by atoms with Crippen molar-refractivity contribution in [1.29, 1.82) is 0 Å². The number of anilines is 1. The third-order valence-electron chi connectivity index (χ3n) is 7.49. The molecule has 2 fully saturated rings. The van der Waals surface area contributed by atoms with E-state index in [0.29, 0.717) is 24.1 Å². The molecule has 0 aromatic carbocycles. The minimum Gasteiger partial charge on any atom is -1.00 e. The van der Waals surface area contributed by atoms with Gasteiger partial charge in [-0.15, -0.1) is 0 Å². The number of halogens is 1. The smallest absolute Gasteiger partial charge is 1.00 e. The maximum Gasteiger partial charge on any atom is 1.00 e. The first-order chi connectivity index (χ1) is 21.6. The van der Waals surface area contributed by atoms with Gasteiger partial charge in [-0.1, -0.05) is 39.5 Å². The van der Waals surface area contributed by atoms with Crippen LogP contribution in [0.5, 0.6) is 0 Å². The number of carboxylic acid groups (broad SMARTS) is 2. The number of aliphatic carboxylic acids is 2. The molecule has 13 nitrogen and oxygen atoms in total. The zero-order chi connectivity index (χ0) is 33.5. The summed E-state index contributed by atoms with van der Waals surface area (Å²) in [6.45, 7) is 4.20. The number of unbranched alkanes of at least 4 members (excludes halogenated alkanes) is 4. The molecule has 0 saturated heterocycles. The number of hydrogen-bond donors (Lipinski definition) is 4. The third kappa shape index (κ3) is 23.8. The summed E-state index contributed by atoms with van der Waals surface area (Å²) < 4.78 is 0. The van der Waals surface area contributed by atoms with Crippen molar-refractivity contribution in [2.75, 3.05) is 5.32 Å². The monoisotopic (exact) mass is 730 g/mol. The molecule has 2 heterocycles. The number of aromatic nitrogens is 4. The molecule has 254 valence electrons. The first kappa shape index (κ1) is 49.0. The van der Waals surface area contributed by atoms with Gasteiger partial charge in [0.2, 0.25) is 11.2 Å². The molecule has 5 N–H and O–H groups in total. The minimum absolute atomic E-state index is 0. The van der Waals surface area contributed by atoms with E-state index >= 15 is 0 Å². The summed E-state index contributed by atoms with van der Waals surface area (Å²) in [5.41, 5.74) is 7.84. The Kier molecular flexibility index (Phi) is 31.9. The predicted octanol–water partition coefficient (Wildman–Crippen LogP) is -1.51. The van der Waals surface area contributed by atoms with Gasteiger partial charge in [0.05, 0.1) is 11.8 Å². The van der Waals surface area contributed by atoms with Crippen LogP contribution >= 0.6 is 11.6 Å². The summed E-state index contributed by atoms with van der Waals surface area (Å²) in [6.07, 6.45) is 21.3. The summed E-state index contributed by atoms with van der Waals surface area (Å²) in [6, 6.07) is 0.313. The zero-order valence-corrected chi connectivity index (χ0v) is 35.3. The molecule has 2 aromatic heterocycles. The fourth-order valence-corrected chi connectivity index (χ4v) is 5.04. The maximum atomic E-state index is 10.9. The average Bonchev–Trinajstić information content (AvgIpc) is 3.70. The largest absolute Gasteiger partial charge is 1.00 e. The molecule has 0 bridgehead atoms. The van der Waals surface area contributed by atoms with Crippen LogP contribution in [0.3, 0.4) is 0 Å². The SMILES string of the molecule is CCCCCc1cnc(Cl)nc1.CCCCCc1cnc(N[C@H]2CC[C@@H](C(=O)O)C2)nc1.N[C@H]1CC[C@@H](C(=O)O)C1.O=CO[O-].[H-].[K+].[K+]. The molecule has 2 aromatic rings. The van der Waals surface area contributed by atoms with Gasteiger partial charge in [-0.25, -0.2) is 19.9 Å². The molecular formula is C31H49ClK2N6O7. The zero-order valence-electron chi connectivity index (χ0n) is 29.3. The molecule has 0 amide bonds. The number of hydrogen-bond acceptors (Lipinski definition) is 11. The number of carbonyl (C=O) groups is 3. The Bertz CT molecular complexity index is 1110. The van der Waals surface area contributed by atoms with Gasteiger partial charge in [-0.3, -0.25) is 14.4 Å². The van der Waals surface area contributed by atoms with Crippen molar-refractivity contribution in [2.24, 2.45) is 17.6 Å². The van der Waals surface area contributed by atoms with Gasteiger partial charge in [0, 0.05) is 36.9 Å². The second-order valence-electron chi connectivity index (χ2n) is 11.2. The van der Waals surface area contributed by atoms with Crippen molar-refractivity contribution in [2.45, 2.75) is 116 Å². The topological polar surface area (TPSA) is 214 Å². The van der Waals surface area contributed by atoms with Crippen LogP contribution in [0.15, 0.2) is 24.8 Å². The van der Waals surface area contributed by atoms with Crippen molar-refractivity contribution >= 4 is 36.0 Å². The third-order valence-corrected chi connectivity index (χ3v) is 7.69. The summed E-state index contributed by atoms with van der Waals surface area (Å²) in [5, 5.41) is 29.4. The summed E-state index contributed by atoms with van der Waals surface area (Å²) >= 11 is 5.55. The number of aryl methyl sites for hydroxylation is 2. The minimum atomic E-state index is -0.693. The molecule has 2 saturated carbocycles. The van der Waals surface area contributed by atoms with Gasteiger partial charge in [0.1, 0.15) is 0 Å². The second kappa shape index (κ2) is 30.7. The van der Waals surface area contributed by atoms with E-state index in [4.69, 9.17) is 37.6 Å². The summed E-state index contributed by atoms with van der Waals surface area (Å²) in [5.74, 6) is -1.16. The molecule has 0 radical (unpaired) electrons. The van der Waals surface area contributed by atoms with E-state index < -0.39 is 11.9 Å². The van der Waals surface area contributed by atoms with Crippen LogP contribution in [-0.4, -0.2) is 60.6 Å². The van der Waals surface area contributed by atoms with Gasteiger partial charge >= 0.3 is 115 Å². The maximum absolute atomic E-state index is 10.9. The average molecular weight is 731 g/mol. The molecule has 2 aliphatic carbocycles. The van der Waals surface area contributed by atoms with Crippen molar-refractivity contribution in [3.05, 3.63) is 41.2 Å². The van der Waals surface area contributed by atoms with E-state index in [1.165, 1.54) is 49.7 Å². The van der Waals surface area contributed by atoms with E-state index in [2.05, 4.69) is 44.0 Å². The first-order valence-corrected chi connectivity index (χ1v) is 16.0. The van der Waals surface area contributed by atoms with Crippen LogP contribution in [0, 0.1) is 11.8 Å². The Morgan fingerprint density at radius 3 is 1.70 bits per heavy atom. The molecule has 2 aliphatic rings. The van der Waals surface area contributed by atoms with E-state index in [0.717, 1.165) is 38.5 Å². The number of carboxylic acids is 2. The van der Waals surface area contributed by atoms with E-state index in [1.54, 1.807) is 12.4 Å². The van der Waals surface area contributed by atoms with Gasteiger partial charge in [0.25, 0.3) is 6.47 Å². The van der Waals surface area contributed by atoms with Crippen LogP contribution in [0.4, 0.5) is 5.95 Å². The molecule has 4 atom stereocenters. The Balaban J connectivity index is -0.000000622. The number of carbonyl (C=O) groups excluding carboxylic acids is 1. The van der Waals surface area contributed by atoms with E-state index in [-0.39, 0.29) is 135 Å². The van der Waals surface area contributed by atoms with Crippen molar-refractivity contribution in [3.63, 3.8) is 0 Å². The molecule has 47 heavy (non-hydrogen) atoms. The normalized spacial score (nSPS) is 19.0. The second-order valence-corrected chi connectivity index (χ2v) is 11.5. The molecule has 0 aliphatic heterocycles. The molecule has 4 rings (SSSR count). The molecule has 0 unspecified atom stereocenters. The number of rotatable bonds is 13. The number of nitrogens with zero attached hydrogens (tertiary/aromatic N) is 4. The fourth-order valence-electron chi connectivity index (χ4n) is 4.94. The molecule has 0 spiro atoms. The van der Waals surface area contributed by atoms with Crippen LogP contribution in [0.2, 0.25) is 5.28 Å². The molecule has 16 heteroatoms. The Morgan fingerprint density at radius 1 is 0.894 bits per heavy atom. The van der Waals surface area contributed by atoms with Crippen molar-refractivity contribution in [3.8, 4) is 0 Å². The molecular weight excluding hydrogens is 682 g/mol. The van der Waals surface area contributed by atoms with Crippen LogP contribution in [-0.2, 0) is 32.1 Å². The quantitative estimate of drug-likeness (QED) is 0.0462. The van der Waals surface area contributed by atoms with Gasteiger partial charge in [0.15, 0.2) is 0 Å². The predicted molar refractivity (Wildman–Crippen MR) is 169 cm³/mol. The van der Waals surface area contributed by atoms with Gasteiger partial charge < -0.3 is 32.8 Å². The van der Waals surface area contributed by atoms with Crippen molar-refractivity contribution in [1.82, 2.24) is 19.9 Å². The first-order valence-electron chi connectivity index (χ1n) is 15.6. The fraction of sp³-hybridized carbons (Fsp3) is 0.645. The van der Waals surface area contributed by atoms with Crippen molar-refractivity contribution < 1.29 is 139 Å². The van der Waals surface area contributed by atoms with Gasteiger partial charge in [-0.2, -0.15) is 0 Å². The summed E-state index contributed by atoms with van der Waals surface area (Å²) in [4.78, 5) is 48.9. The van der Waals surface area contributed by atoms with Gasteiger partial charge in [-0.05, 0) is 86.9 Å².